The van der Waals surface area contributed by atoms with Crippen molar-refractivity contribution in [1.82, 2.24) is 9.80 Å². The van der Waals surface area contributed by atoms with Crippen LogP contribution in [0.2, 0.25) is 0 Å². The highest BCUT2D eigenvalue weighted by Gasteiger charge is 2.52. The number of nitrogens with zero attached hydrogens (tertiary/aromatic N) is 2. The number of aliphatic carboxylic acids is 1. The Morgan fingerprint density at radius 2 is 2.04 bits per heavy atom. The van der Waals surface area contributed by atoms with Crippen LogP contribution < -0.4 is 4.74 Å². The van der Waals surface area contributed by atoms with Crippen molar-refractivity contribution in [2.24, 2.45) is 11.3 Å². The number of rotatable bonds is 5. The first-order valence-electron chi connectivity index (χ1n) is 9.81. The van der Waals surface area contributed by atoms with Crippen LogP contribution in [0.5, 0.6) is 5.75 Å². The molecule has 7 nitrogen and oxygen atoms in total. The van der Waals surface area contributed by atoms with Gasteiger partial charge in [-0.05, 0) is 43.9 Å². The molecule has 3 aliphatic rings. The first kappa shape index (κ1) is 18.8. The molecule has 0 bridgehead atoms. The standard InChI is InChI=1S/C21H26N2O5/c1-21(20(26)27)8-9-22(12-21)19(25)16-11-17(24)23(14-6-7-14)18(16)13-4-3-5-15(10-13)28-2/h3-5,10,14,16,18H,6-9,11-12H2,1-2H3,(H,26,27). The highest BCUT2D eigenvalue weighted by molar-refractivity contribution is 5.91. The van der Waals surface area contributed by atoms with Gasteiger partial charge in [0.15, 0.2) is 0 Å². The molecule has 2 heterocycles. The van der Waals surface area contributed by atoms with E-state index in [-0.39, 0.29) is 36.9 Å². The van der Waals surface area contributed by atoms with Crippen molar-refractivity contribution in [2.75, 3.05) is 20.2 Å². The molecule has 1 aromatic rings. The van der Waals surface area contributed by atoms with Crippen molar-refractivity contribution >= 4 is 17.8 Å². The molecule has 1 N–H and O–H groups in total. The summed E-state index contributed by atoms with van der Waals surface area (Å²) in [6.07, 6.45) is 2.55. The fraction of sp³-hybridized carbons (Fsp3) is 0.571. The van der Waals surface area contributed by atoms with Gasteiger partial charge < -0.3 is 19.6 Å². The molecule has 28 heavy (non-hydrogen) atoms. The molecule has 150 valence electrons. The predicted octanol–water partition coefficient (Wildman–Crippen LogP) is 2.07. The number of carbonyl (C=O) groups is 3. The second-order valence-corrected chi connectivity index (χ2v) is 8.44. The van der Waals surface area contributed by atoms with Crippen molar-refractivity contribution < 1.29 is 24.2 Å². The Bertz CT molecular complexity index is 821. The van der Waals surface area contributed by atoms with E-state index in [4.69, 9.17) is 4.74 Å². The zero-order valence-corrected chi connectivity index (χ0v) is 16.3. The van der Waals surface area contributed by atoms with E-state index in [1.807, 2.05) is 29.2 Å². The zero-order chi connectivity index (χ0) is 20.1. The molecule has 0 radical (unpaired) electrons. The Labute approximate surface area is 164 Å². The minimum absolute atomic E-state index is 0.00821. The first-order valence-corrected chi connectivity index (χ1v) is 9.81. The topological polar surface area (TPSA) is 87.1 Å². The van der Waals surface area contributed by atoms with Crippen molar-refractivity contribution in [2.45, 2.75) is 44.7 Å². The lowest BCUT2D eigenvalue weighted by molar-refractivity contribution is -0.147. The van der Waals surface area contributed by atoms with E-state index in [1.54, 1.807) is 18.9 Å². The lowest BCUT2D eigenvalue weighted by Crippen LogP contribution is -2.40. The monoisotopic (exact) mass is 386 g/mol. The third-order valence-electron chi connectivity index (χ3n) is 6.36. The number of carbonyl (C=O) groups excluding carboxylic acids is 2. The highest BCUT2D eigenvalue weighted by atomic mass is 16.5. The van der Waals surface area contributed by atoms with Gasteiger partial charge in [-0.15, -0.1) is 0 Å². The maximum Gasteiger partial charge on any atom is 0.311 e. The molecule has 0 aromatic heterocycles. The number of likely N-dealkylation sites (tertiary alicyclic amines) is 2. The third-order valence-corrected chi connectivity index (χ3v) is 6.36. The fourth-order valence-electron chi connectivity index (χ4n) is 4.54. The second-order valence-electron chi connectivity index (χ2n) is 8.44. The van der Waals surface area contributed by atoms with Crippen LogP contribution in [-0.2, 0) is 14.4 Å². The summed E-state index contributed by atoms with van der Waals surface area (Å²) >= 11 is 0. The number of carboxylic acids is 1. The highest BCUT2D eigenvalue weighted by Crippen LogP contribution is 2.46. The van der Waals surface area contributed by atoms with Gasteiger partial charge in [-0.25, -0.2) is 0 Å². The molecule has 7 heteroatoms. The average Bonchev–Trinajstić information content (AvgIpc) is 3.34. The molecule has 2 amide bonds. The van der Waals surface area contributed by atoms with Crippen LogP contribution in [0, 0.1) is 11.3 Å². The maximum atomic E-state index is 13.4. The van der Waals surface area contributed by atoms with Crippen LogP contribution in [0.25, 0.3) is 0 Å². The Balaban J connectivity index is 1.64. The summed E-state index contributed by atoms with van der Waals surface area (Å²) in [5.74, 6) is -0.785. The maximum absolute atomic E-state index is 13.4. The largest absolute Gasteiger partial charge is 0.497 e. The Kier molecular flexibility index (Phi) is 4.56. The molecule has 3 unspecified atom stereocenters. The van der Waals surface area contributed by atoms with Gasteiger partial charge in [-0.3, -0.25) is 14.4 Å². The zero-order valence-electron chi connectivity index (χ0n) is 16.3. The van der Waals surface area contributed by atoms with Crippen molar-refractivity contribution in [3.63, 3.8) is 0 Å². The number of benzene rings is 1. The van der Waals surface area contributed by atoms with E-state index in [1.165, 1.54) is 0 Å². The number of carboxylic acid groups (broad SMARTS) is 1. The minimum atomic E-state index is -0.917. The van der Waals surface area contributed by atoms with Crippen LogP contribution in [0.1, 0.15) is 44.2 Å². The van der Waals surface area contributed by atoms with Gasteiger partial charge in [-0.1, -0.05) is 12.1 Å². The molecule has 4 rings (SSSR count). The summed E-state index contributed by atoms with van der Waals surface area (Å²) in [4.78, 5) is 41.2. The molecular weight excluding hydrogens is 360 g/mol. The van der Waals surface area contributed by atoms with E-state index in [9.17, 15) is 19.5 Å². The van der Waals surface area contributed by atoms with Gasteiger partial charge in [0.2, 0.25) is 11.8 Å². The summed E-state index contributed by atoms with van der Waals surface area (Å²) in [5, 5.41) is 9.48. The molecule has 2 aliphatic heterocycles. The molecule has 0 spiro atoms. The van der Waals surface area contributed by atoms with Crippen molar-refractivity contribution in [3.05, 3.63) is 29.8 Å². The summed E-state index contributed by atoms with van der Waals surface area (Å²) in [6.45, 7) is 2.29. The van der Waals surface area contributed by atoms with Crippen molar-refractivity contribution in [1.29, 1.82) is 0 Å². The predicted molar refractivity (Wildman–Crippen MR) is 101 cm³/mol. The second kappa shape index (κ2) is 6.79. The summed E-state index contributed by atoms with van der Waals surface area (Å²) in [7, 11) is 1.59. The number of ether oxygens (including phenoxy) is 1. The normalized spacial score (nSPS) is 30.0. The molecule has 1 aromatic carbocycles. The molecule has 1 saturated carbocycles. The SMILES string of the molecule is COc1cccc(C2C(C(=O)N3CCC(C)(C(=O)O)C3)CC(=O)N2C2CC2)c1. The number of hydrogen-bond donors (Lipinski definition) is 1. The lowest BCUT2D eigenvalue weighted by atomic mass is 9.90. The smallest absolute Gasteiger partial charge is 0.311 e. The van der Waals surface area contributed by atoms with Gasteiger partial charge in [-0.2, -0.15) is 0 Å². The van der Waals surface area contributed by atoms with E-state index in [2.05, 4.69) is 0 Å². The summed E-state index contributed by atoms with van der Waals surface area (Å²) in [5.41, 5.74) is -0.0180. The summed E-state index contributed by atoms with van der Waals surface area (Å²) in [6, 6.07) is 7.43. The molecule has 3 atom stereocenters. The van der Waals surface area contributed by atoms with Gasteiger partial charge in [0.1, 0.15) is 5.75 Å². The van der Waals surface area contributed by atoms with Crippen LogP contribution in [0.3, 0.4) is 0 Å². The number of hydrogen-bond acceptors (Lipinski definition) is 4. The van der Waals surface area contributed by atoms with Gasteiger partial charge >= 0.3 is 5.97 Å². The summed E-state index contributed by atoms with van der Waals surface area (Å²) < 4.78 is 5.34. The number of methoxy groups -OCH3 is 1. The van der Waals surface area contributed by atoms with E-state index in [0.717, 1.165) is 18.4 Å². The van der Waals surface area contributed by atoms with Gasteiger partial charge in [0.05, 0.1) is 24.5 Å². The molecular formula is C21H26N2O5. The van der Waals surface area contributed by atoms with E-state index < -0.39 is 17.3 Å². The molecule has 1 aliphatic carbocycles. The average molecular weight is 386 g/mol. The van der Waals surface area contributed by atoms with E-state index >= 15 is 0 Å². The van der Waals surface area contributed by atoms with Crippen molar-refractivity contribution in [3.8, 4) is 5.75 Å². The minimum Gasteiger partial charge on any atom is -0.497 e. The van der Waals surface area contributed by atoms with Crippen LogP contribution >= 0.6 is 0 Å². The molecule has 3 fully saturated rings. The lowest BCUT2D eigenvalue weighted by Gasteiger charge is -2.30. The van der Waals surface area contributed by atoms with Crippen LogP contribution in [0.4, 0.5) is 0 Å². The van der Waals surface area contributed by atoms with Crippen LogP contribution in [0.15, 0.2) is 24.3 Å². The number of amides is 2. The Hall–Kier alpha value is -2.57. The van der Waals surface area contributed by atoms with E-state index in [0.29, 0.717) is 18.7 Å². The quantitative estimate of drug-likeness (QED) is 0.837. The van der Waals surface area contributed by atoms with Gasteiger partial charge in [0.25, 0.3) is 0 Å². The van der Waals surface area contributed by atoms with Crippen LogP contribution in [-0.4, -0.2) is 58.9 Å². The Morgan fingerprint density at radius 1 is 1.29 bits per heavy atom. The Morgan fingerprint density at radius 3 is 2.64 bits per heavy atom. The molecule has 2 saturated heterocycles. The fourth-order valence-corrected chi connectivity index (χ4v) is 4.54. The third kappa shape index (κ3) is 3.12. The first-order chi connectivity index (χ1) is 13.3. The van der Waals surface area contributed by atoms with Gasteiger partial charge in [0, 0.05) is 25.6 Å².